The van der Waals surface area contributed by atoms with Gasteiger partial charge < -0.3 is 15.5 Å². The Labute approximate surface area is 160 Å². The van der Waals surface area contributed by atoms with Gasteiger partial charge in [-0.05, 0) is 12.5 Å². The van der Waals surface area contributed by atoms with E-state index in [4.69, 9.17) is 28.9 Å². The summed E-state index contributed by atoms with van der Waals surface area (Å²) < 4.78 is 27.9. The molecule has 0 spiro atoms. The van der Waals surface area contributed by atoms with E-state index in [1.807, 2.05) is 0 Å². The fourth-order valence-corrected chi connectivity index (χ4v) is 4.75. The van der Waals surface area contributed by atoms with Crippen molar-refractivity contribution in [2.75, 3.05) is 19.8 Å². The van der Waals surface area contributed by atoms with Gasteiger partial charge in [-0.25, -0.2) is 13.1 Å². The van der Waals surface area contributed by atoms with Gasteiger partial charge in [0.05, 0.1) is 24.2 Å². The Kier molecular flexibility index (Phi) is 10.3. The van der Waals surface area contributed by atoms with Gasteiger partial charge in [0, 0.05) is 28.9 Å². The second kappa shape index (κ2) is 11.4. The summed E-state index contributed by atoms with van der Waals surface area (Å²) >= 11 is 11.0. The van der Waals surface area contributed by atoms with E-state index in [0.29, 0.717) is 29.3 Å². The molecule has 0 aromatic heterocycles. The number of thiocarbonyl (C=S) groups is 1. The molecule has 0 aromatic rings. The van der Waals surface area contributed by atoms with Crippen LogP contribution in [0.3, 0.4) is 0 Å². The summed E-state index contributed by atoms with van der Waals surface area (Å²) in [4.78, 5) is 0.266. The molecule has 0 heterocycles. The van der Waals surface area contributed by atoms with Crippen molar-refractivity contribution < 1.29 is 18.6 Å². The van der Waals surface area contributed by atoms with E-state index in [1.165, 1.54) is 6.08 Å². The summed E-state index contributed by atoms with van der Waals surface area (Å²) in [6.07, 6.45) is 6.92. The second-order valence-corrected chi connectivity index (χ2v) is 8.53. The number of nitrogens with one attached hydrogen (secondary N) is 2. The maximum Gasteiger partial charge on any atom is 0.242 e. The molecule has 25 heavy (non-hydrogen) atoms. The van der Waals surface area contributed by atoms with Gasteiger partial charge in [0.15, 0.2) is 0 Å². The number of unbranched alkanes of at least 4 members (excludes halogenated alkanes) is 2. The van der Waals surface area contributed by atoms with E-state index in [0.717, 1.165) is 19.3 Å². The highest BCUT2D eigenvalue weighted by atomic mass is 35.5. The van der Waals surface area contributed by atoms with Crippen molar-refractivity contribution in [1.29, 1.82) is 0 Å². The summed E-state index contributed by atoms with van der Waals surface area (Å²) in [7, 11) is -3.90. The number of aliphatic hydroxyl groups is 2. The smallest absolute Gasteiger partial charge is 0.242 e. The third kappa shape index (κ3) is 7.42. The molecule has 1 aliphatic rings. The fourth-order valence-electron chi connectivity index (χ4n) is 2.60. The van der Waals surface area contributed by atoms with Crippen molar-refractivity contribution in [2.24, 2.45) is 0 Å². The Morgan fingerprint density at radius 3 is 2.64 bits per heavy atom. The molecule has 6 nitrogen and oxygen atoms in total. The first-order valence-electron chi connectivity index (χ1n) is 8.43. The van der Waals surface area contributed by atoms with Crippen molar-refractivity contribution in [3.8, 4) is 0 Å². The molecule has 2 atom stereocenters. The highest BCUT2D eigenvalue weighted by molar-refractivity contribution is 7.96. The number of sulfonamides is 1. The lowest BCUT2D eigenvalue weighted by Gasteiger charge is -2.28. The first-order valence-corrected chi connectivity index (χ1v) is 10.7. The van der Waals surface area contributed by atoms with Crippen LogP contribution in [0.2, 0.25) is 0 Å². The number of allylic oxidation sites excluding steroid dienone is 4. The van der Waals surface area contributed by atoms with Crippen molar-refractivity contribution in [3.05, 3.63) is 22.1 Å². The molecule has 0 fully saturated rings. The minimum atomic E-state index is -3.90. The molecule has 1 aliphatic carbocycles. The van der Waals surface area contributed by atoms with Crippen LogP contribution >= 0.6 is 23.8 Å². The number of aliphatic hydroxyl groups excluding tert-OH is 2. The topological polar surface area (TPSA) is 98.7 Å². The number of hydrogen-bond acceptors (Lipinski definition) is 6. The third-order valence-electron chi connectivity index (χ3n) is 3.94. The minimum Gasteiger partial charge on any atom is -0.395 e. The minimum absolute atomic E-state index is 0.0251. The van der Waals surface area contributed by atoms with E-state index >= 15 is 0 Å². The zero-order valence-electron chi connectivity index (χ0n) is 14.4. The Balaban J connectivity index is 2.91. The average Bonchev–Trinajstić information content (AvgIpc) is 2.58. The Morgan fingerprint density at radius 2 is 2.04 bits per heavy atom. The number of halogens is 1. The zero-order valence-corrected chi connectivity index (χ0v) is 16.8. The molecule has 0 bridgehead atoms. The van der Waals surface area contributed by atoms with Crippen LogP contribution in [-0.2, 0) is 10.0 Å². The Bertz CT molecular complexity index is 605. The van der Waals surface area contributed by atoms with Crippen LogP contribution in [0.15, 0.2) is 22.1 Å². The van der Waals surface area contributed by atoms with E-state index in [-0.39, 0.29) is 24.2 Å². The van der Waals surface area contributed by atoms with Crippen molar-refractivity contribution in [2.45, 2.75) is 51.1 Å². The highest BCUT2D eigenvalue weighted by Gasteiger charge is 2.30. The van der Waals surface area contributed by atoms with Gasteiger partial charge in [0.1, 0.15) is 0 Å². The predicted octanol–water partition coefficient (Wildman–Crippen LogP) is 1.58. The Hall–Kier alpha value is -0.350. The van der Waals surface area contributed by atoms with Crippen LogP contribution in [0.4, 0.5) is 0 Å². The monoisotopic (exact) mass is 410 g/mol. The van der Waals surface area contributed by atoms with Gasteiger partial charge in [-0.2, -0.15) is 0 Å². The first-order chi connectivity index (χ1) is 11.9. The van der Waals surface area contributed by atoms with Crippen LogP contribution in [0, 0.1) is 0 Å². The van der Waals surface area contributed by atoms with E-state index in [1.54, 1.807) is 6.08 Å². The van der Waals surface area contributed by atoms with Gasteiger partial charge in [0.25, 0.3) is 0 Å². The number of hydrogen-bond donors (Lipinski definition) is 4. The van der Waals surface area contributed by atoms with Gasteiger partial charge in [-0.15, -0.1) is 0 Å². The van der Waals surface area contributed by atoms with Gasteiger partial charge in [-0.1, -0.05) is 56.1 Å². The average molecular weight is 411 g/mol. The highest BCUT2D eigenvalue weighted by Crippen LogP contribution is 2.22. The third-order valence-corrected chi connectivity index (χ3v) is 6.28. The van der Waals surface area contributed by atoms with Gasteiger partial charge in [0.2, 0.25) is 10.0 Å². The second-order valence-electron chi connectivity index (χ2n) is 5.92. The van der Waals surface area contributed by atoms with Crippen molar-refractivity contribution in [1.82, 2.24) is 10.0 Å². The molecule has 0 aliphatic heterocycles. The first kappa shape index (κ1) is 22.7. The van der Waals surface area contributed by atoms with Crippen LogP contribution in [0.1, 0.15) is 39.0 Å². The molecule has 0 amide bonds. The summed E-state index contributed by atoms with van der Waals surface area (Å²) in [5.41, 5.74) is 0. The van der Waals surface area contributed by atoms with Crippen LogP contribution in [0.5, 0.6) is 0 Å². The SMILES string of the molecule is CCCCCC(NCCO)[C@@H](CO)NS(=O)(=O)C1=CC(Cl)=CCC1=S. The van der Waals surface area contributed by atoms with Crippen molar-refractivity contribution in [3.63, 3.8) is 0 Å². The molecule has 0 saturated carbocycles. The summed E-state index contributed by atoms with van der Waals surface area (Å²) in [6.45, 7) is 1.98. The van der Waals surface area contributed by atoms with Crippen LogP contribution in [-0.4, -0.2) is 55.3 Å². The lowest BCUT2D eigenvalue weighted by molar-refractivity contribution is 0.210. The summed E-state index contributed by atoms with van der Waals surface area (Å²) in [5, 5.41) is 22.2. The van der Waals surface area contributed by atoms with E-state index < -0.39 is 16.1 Å². The van der Waals surface area contributed by atoms with Crippen molar-refractivity contribution >= 4 is 38.7 Å². The molecular weight excluding hydrogens is 384 g/mol. The molecule has 0 aromatic carbocycles. The van der Waals surface area contributed by atoms with Gasteiger partial charge in [-0.3, -0.25) is 0 Å². The Morgan fingerprint density at radius 1 is 1.32 bits per heavy atom. The molecule has 0 saturated heterocycles. The summed E-state index contributed by atoms with van der Waals surface area (Å²) in [6, 6.07) is -1.01. The number of rotatable bonds is 12. The molecule has 4 N–H and O–H groups in total. The zero-order chi connectivity index (χ0) is 18.9. The van der Waals surface area contributed by atoms with Gasteiger partial charge >= 0.3 is 0 Å². The van der Waals surface area contributed by atoms with E-state index in [2.05, 4.69) is 17.0 Å². The maximum atomic E-state index is 12.7. The normalized spacial score (nSPS) is 17.8. The van der Waals surface area contributed by atoms with E-state index in [9.17, 15) is 13.5 Å². The lowest BCUT2D eigenvalue weighted by atomic mass is 10.0. The van der Waals surface area contributed by atoms with Crippen LogP contribution < -0.4 is 10.0 Å². The standard InChI is InChI=1S/C16H27ClN2O4S2/c1-2-3-4-5-13(18-8-9-20)14(11-21)19-25(22,23)16-10-12(17)6-7-15(16)24/h6,10,13-14,18-21H,2-5,7-9,11H2,1H3/t13?,14-/m1/s1. The maximum absolute atomic E-state index is 12.7. The predicted molar refractivity (Wildman–Crippen MR) is 105 cm³/mol. The molecule has 1 unspecified atom stereocenters. The lowest BCUT2D eigenvalue weighted by Crippen LogP contribution is -2.53. The quantitative estimate of drug-likeness (QED) is 0.288. The molecule has 9 heteroatoms. The molecule has 0 radical (unpaired) electrons. The summed E-state index contributed by atoms with van der Waals surface area (Å²) in [5.74, 6) is 0. The largest absolute Gasteiger partial charge is 0.395 e. The van der Waals surface area contributed by atoms with Crippen LogP contribution in [0.25, 0.3) is 0 Å². The molecule has 1 rings (SSSR count). The molecule has 144 valence electrons. The fraction of sp³-hybridized carbons (Fsp3) is 0.688. The molecular formula is C16H27ClN2O4S2.